The van der Waals surface area contributed by atoms with Crippen LogP contribution in [0.1, 0.15) is 28.8 Å². The summed E-state index contributed by atoms with van der Waals surface area (Å²) in [7, 11) is 0. The second-order valence-corrected chi connectivity index (χ2v) is 6.33. The molecule has 0 aliphatic heterocycles. The molecule has 0 aromatic heterocycles. The average Bonchev–Trinajstić information content (AvgIpc) is 3.27. The van der Waals surface area contributed by atoms with Gasteiger partial charge in [-0.1, -0.05) is 37.9 Å². The Bertz CT molecular complexity index is 515. The van der Waals surface area contributed by atoms with Crippen molar-refractivity contribution in [3.05, 3.63) is 33.8 Å². The Kier molecular flexibility index (Phi) is 5.60. The Labute approximate surface area is 134 Å². The van der Waals surface area contributed by atoms with E-state index in [9.17, 15) is 9.59 Å². The summed E-state index contributed by atoms with van der Waals surface area (Å²) in [6, 6.07) is 5.39. The van der Waals surface area contributed by atoms with Gasteiger partial charge in [-0.2, -0.15) is 0 Å². The van der Waals surface area contributed by atoms with Crippen LogP contribution in [0.5, 0.6) is 0 Å². The summed E-state index contributed by atoms with van der Waals surface area (Å²) in [4.78, 5) is 23.6. The van der Waals surface area contributed by atoms with Crippen molar-refractivity contribution in [2.45, 2.75) is 19.4 Å². The predicted octanol–water partition coefficient (Wildman–Crippen LogP) is 3.03. The van der Waals surface area contributed by atoms with E-state index in [4.69, 9.17) is 4.74 Å². The number of alkyl halides is 1. The molecule has 20 heavy (non-hydrogen) atoms. The number of halogens is 2. The van der Waals surface area contributed by atoms with Crippen LogP contribution in [0, 0.1) is 5.92 Å². The van der Waals surface area contributed by atoms with E-state index < -0.39 is 0 Å². The largest absolute Gasteiger partial charge is 0.461 e. The Morgan fingerprint density at radius 3 is 2.75 bits per heavy atom. The number of carbonyl (C=O) groups is 2. The maximum atomic E-state index is 12.0. The molecule has 0 saturated heterocycles. The van der Waals surface area contributed by atoms with Crippen LogP contribution in [0.25, 0.3) is 0 Å². The molecule has 1 aliphatic rings. The quantitative estimate of drug-likeness (QED) is 0.585. The zero-order chi connectivity index (χ0) is 14.5. The molecular formula is C14H15Br2NO3. The first-order chi connectivity index (χ1) is 9.61. The monoisotopic (exact) mass is 403 g/mol. The minimum Gasteiger partial charge on any atom is -0.461 e. The van der Waals surface area contributed by atoms with Crippen LogP contribution in [-0.2, 0) is 16.1 Å². The molecule has 1 aliphatic carbocycles. The number of benzene rings is 1. The molecule has 1 amide bonds. The molecule has 0 spiro atoms. The van der Waals surface area contributed by atoms with E-state index in [1.807, 2.05) is 12.1 Å². The summed E-state index contributed by atoms with van der Waals surface area (Å²) in [5.74, 6) is -0.150. The van der Waals surface area contributed by atoms with Gasteiger partial charge in [0.2, 0.25) is 5.91 Å². The number of esters is 1. The van der Waals surface area contributed by atoms with Crippen LogP contribution in [0.2, 0.25) is 0 Å². The molecule has 1 saturated carbocycles. The van der Waals surface area contributed by atoms with Crippen molar-refractivity contribution in [2.24, 2.45) is 5.92 Å². The van der Waals surface area contributed by atoms with Crippen LogP contribution in [0.4, 0.5) is 0 Å². The van der Waals surface area contributed by atoms with Gasteiger partial charge in [0.1, 0.15) is 6.61 Å². The molecule has 1 aromatic carbocycles. The smallest absolute Gasteiger partial charge is 0.338 e. The minimum absolute atomic E-state index is 0.0627. The topological polar surface area (TPSA) is 55.4 Å². The van der Waals surface area contributed by atoms with Gasteiger partial charge in [-0.05, 0) is 30.5 Å². The number of ether oxygens (including phenoxy) is 1. The van der Waals surface area contributed by atoms with Crippen molar-refractivity contribution < 1.29 is 14.3 Å². The van der Waals surface area contributed by atoms with Gasteiger partial charge in [0.25, 0.3) is 0 Å². The highest BCUT2D eigenvalue weighted by molar-refractivity contribution is 9.10. The van der Waals surface area contributed by atoms with Crippen molar-refractivity contribution in [3.8, 4) is 0 Å². The molecule has 6 heteroatoms. The van der Waals surface area contributed by atoms with Crippen molar-refractivity contribution in [3.63, 3.8) is 0 Å². The first kappa shape index (κ1) is 15.5. The van der Waals surface area contributed by atoms with Crippen molar-refractivity contribution in [2.75, 3.05) is 11.9 Å². The first-order valence-electron chi connectivity index (χ1n) is 6.41. The maximum Gasteiger partial charge on any atom is 0.338 e. The summed E-state index contributed by atoms with van der Waals surface area (Å²) in [5, 5.41) is 3.46. The van der Waals surface area contributed by atoms with E-state index >= 15 is 0 Å². The van der Waals surface area contributed by atoms with Crippen LogP contribution in [0.15, 0.2) is 22.7 Å². The second kappa shape index (κ2) is 7.22. The van der Waals surface area contributed by atoms with E-state index in [2.05, 4.69) is 37.2 Å². The first-order valence-corrected chi connectivity index (χ1v) is 8.32. The lowest BCUT2D eigenvalue weighted by Gasteiger charge is -2.11. The van der Waals surface area contributed by atoms with E-state index in [1.54, 1.807) is 6.07 Å². The highest BCUT2D eigenvalue weighted by atomic mass is 79.9. The Morgan fingerprint density at radius 1 is 1.35 bits per heavy atom. The van der Waals surface area contributed by atoms with Crippen LogP contribution < -0.4 is 5.32 Å². The van der Waals surface area contributed by atoms with E-state index in [-0.39, 0.29) is 17.8 Å². The van der Waals surface area contributed by atoms with Crippen molar-refractivity contribution in [1.82, 2.24) is 5.32 Å². The van der Waals surface area contributed by atoms with Gasteiger partial charge >= 0.3 is 5.97 Å². The Balaban J connectivity index is 2.06. The summed E-state index contributed by atoms with van der Waals surface area (Å²) >= 11 is 6.55. The predicted molar refractivity (Wildman–Crippen MR) is 82.8 cm³/mol. The normalized spacial score (nSPS) is 13.9. The fourth-order valence-corrected chi connectivity index (χ4v) is 2.30. The number of rotatable bonds is 6. The van der Waals surface area contributed by atoms with Gasteiger partial charge in [-0.25, -0.2) is 4.79 Å². The Morgan fingerprint density at radius 2 is 2.10 bits per heavy atom. The number of hydrogen-bond acceptors (Lipinski definition) is 3. The molecule has 0 bridgehead atoms. The molecule has 1 N–H and O–H groups in total. The third-order valence-electron chi connectivity index (χ3n) is 3.00. The van der Waals surface area contributed by atoms with Gasteiger partial charge < -0.3 is 10.1 Å². The summed E-state index contributed by atoms with van der Waals surface area (Å²) in [5.41, 5.74) is 1.25. The molecule has 0 atom stereocenters. The number of carbonyl (C=O) groups excluding carboxylic acids is 2. The lowest BCUT2D eigenvalue weighted by atomic mass is 10.1. The van der Waals surface area contributed by atoms with E-state index in [0.717, 1.165) is 22.9 Å². The van der Waals surface area contributed by atoms with Gasteiger partial charge in [-0.15, -0.1) is 0 Å². The van der Waals surface area contributed by atoms with E-state index in [0.29, 0.717) is 24.0 Å². The molecule has 0 unspecified atom stereocenters. The third-order valence-corrected chi connectivity index (χ3v) is 3.82. The second-order valence-electron chi connectivity index (χ2n) is 4.62. The number of nitrogens with one attached hydrogen (secondary N) is 1. The molecule has 4 nitrogen and oxygen atoms in total. The molecule has 1 fully saturated rings. The summed E-state index contributed by atoms with van der Waals surface area (Å²) in [6.07, 6.45) is 1.93. The van der Waals surface area contributed by atoms with Crippen molar-refractivity contribution in [1.29, 1.82) is 0 Å². The minimum atomic E-state index is -0.374. The van der Waals surface area contributed by atoms with Crippen molar-refractivity contribution >= 4 is 43.7 Å². The summed E-state index contributed by atoms with van der Waals surface area (Å²) in [6.45, 7) is 0.667. The van der Waals surface area contributed by atoms with Crippen LogP contribution in [-0.4, -0.2) is 23.8 Å². The fourth-order valence-electron chi connectivity index (χ4n) is 1.77. The third kappa shape index (κ3) is 4.31. The number of amides is 1. The SMILES string of the molecule is O=C(OCCBr)c1cc(Br)ccc1CNC(=O)C1CC1. The average molecular weight is 405 g/mol. The standard InChI is InChI=1S/C14H15Br2NO3/c15-5-6-20-14(19)12-7-11(16)4-3-10(12)8-17-13(18)9-1-2-9/h3-4,7,9H,1-2,5-6,8H2,(H,17,18). The molecular weight excluding hydrogens is 390 g/mol. The van der Waals surface area contributed by atoms with Gasteiger partial charge in [0, 0.05) is 22.3 Å². The Hall–Kier alpha value is -0.880. The maximum absolute atomic E-state index is 12.0. The molecule has 1 aromatic rings. The van der Waals surface area contributed by atoms with E-state index in [1.165, 1.54) is 0 Å². The highest BCUT2D eigenvalue weighted by Crippen LogP contribution is 2.29. The molecule has 0 radical (unpaired) electrons. The lowest BCUT2D eigenvalue weighted by Crippen LogP contribution is -2.25. The molecule has 108 valence electrons. The van der Waals surface area contributed by atoms with Crippen LogP contribution >= 0.6 is 31.9 Å². The molecule has 0 heterocycles. The fraction of sp³-hybridized carbons (Fsp3) is 0.429. The van der Waals surface area contributed by atoms with Gasteiger partial charge in [0.05, 0.1) is 5.56 Å². The zero-order valence-corrected chi connectivity index (χ0v) is 14.0. The highest BCUT2D eigenvalue weighted by Gasteiger charge is 2.29. The van der Waals surface area contributed by atoms with Crippen LogP contribution in [0.3, 0.4) is 0 Å². The molecule has 2 rings (SSSR count). The lowest BCUT2D eigenvalue weighted by molar-refractivity contribution is -0.122. The van der Waals surface area contributed by atoms with Gasteiger partial charge in [0.15, 0.2) is 0 Å². The number of hydrogen-bond donors (Lipinski definition) is 1. The zero-order valence-electron chi connectivity index (χ0n) is 10.8. The summed E-state index contributed by atoms with van der Waals surface area (Å²) < 4.78 is 5.93. The van der Waals surface area contributed by atoms with Gasteiger partial charge in [-0.3, -0.25) is 4.79 Å².